The Balaban J connectivity index is 2.60. The van der Waals surface area contributed by atoms with Crippen LogP contribution in [-0.4, -0.2) is 13.1 Å². The van der Waals surface area contributed by atoms with Crippen molar-refractivity contribution >= 4 is 0 Å². The van der Waals surface area contributed by atoms with Crippen molar-refractivity contribution in [2.24, 2.45) is 5.73 Å². The fourth-order valence-electron chi connectivity index (χ4n) is 1.48. The lowest BCUT2D eigenvalue weighted by molar-refractivity contribution is 0.668. The molecular formula is C12H21N3. The second kappa shape index (κ2) is 6.17. The molecule has 0 bridgehead atoms. The summed E-state index contributed by atoms with van der Waals surface area (Å²) < 4.78 is 0. The molecule has 0 fully saturated rings. The van der Waals surface area contributed by atoms with E-state index >= 15 is 0 Å². The van der Waals surface area contributed by atoms with E-state index in [2.05, 4.69) is 36.6 Å². The fourth-order valence-corrected chi connectivity index (χ4v) is 1.48. The molecule has 1 aliphatic rings. The topological polar surface area (TPSA) is 50.1 Å². The summed E-state index contributed by atoms with van der Waals surface area (Å²) >= 11 is 0. The zero-order valence-electron chi connectivity index (χ0n) is 9.64. The third-order valence-electron chi connectivity index (χ3n) is 2.32. The molecule has 0 spiro atoms. The molecule has 0 amide bonds. The van der Waals surface area contributed by atoms with Crippen LogP contribution in [0.25, 0.3) is 0 Å². The molecule has 0 aliphatic carbocycles. The molecule has 1 rings (SSSR count). The molecule has 1 heterocycles. The van der Waals surface area contributed by atoms with Crippen LogP contribution in [0.3, 0.4) is 0 Å². The quantitative estimate of drug-likeness (QED) is 0.614. The monoisotopic (exact) mass is 207 g/mol. The van der Waals surface area contributed by atoms with Crippen LogP contribution < -0.4 is 16.4 Å². The van der Waals surface area contributed by atoms with Gasteiger partial charge in [-0.3, -0.25) is 0 Å². The Bertz CT molecular complexity index is 287. The van der Waals surface area contributed by atoms with Gasteiger partial charge in [-0.15, -0.1) is 0 Å². The van der Waals surface area contributed by atoms with Gasteiger partial charge in [0.2, 0.25) is 0 Å². The third-order valence-corrected chi connectivity index (χ3v) is 2.32. The van der Waals surface area contributed by atoms with E-state index in [9.17, 15) is 0 Å². The largest absolute Gasteiger partial charge is 0.400 e. The Morgan fingerprint density at radius 3 is 3.07 bits per heavy atom. The van der Waals surface area contributed by atoms with Crippen molar-refractivity contribution in [1.29, 1.82) is 0 Å². The molecule has 0 radical (unpaired) electrons. The van der Waals surface area contributed by atoms with Gasteiger partial charge < -0.3 is 16.4 Å². The average molecular weight is 207 g/mol. The van der Waals surface area contributed by atoms with Crippen LogP contribution in [0.5, 0.6) is 0 Å². The average Bonchev–Trinajstić information content (AvgIpc) is 2.22. The van der Waals surface area contributed by atoms with Crippen molar-refractivity contribution in [3.05, 3.63) is 35.3 Å². The lowest BCUT2D eigenvalue weighted by Crippen LogP contribution is -2.23. The minimum Gasteiger partial charge on any atom is -0.400 e. The number of nitrogens with two attached hydrogens (primary N) is 1. The van der Waals surface area contributed by atoms with Gasteiger partial charge >= 0.3 is 0 Å². The van der Waals surface area contributed by atoms with Gasteiger partial charge in [0.25, 0.3) is 0 Å². The van der Waals surface area contributed by atoms with Crippen molar-refractivity contribution in [2.75, 3.05) is 13.1 Å². The van der Waals surface area contributed by atoms with Crippen LogP contribution in [0, 0.1) is 0 Å². The maximum absolute atomic E-state index is 5.91. The van der Waals surface area contributed by atoms with Crippen molar-refractivity contribution in [2.45, 2.75) is 26.7 Å². The highest BCUT2D eigenvalue weighted by molar-refractivity contribution is 5.31. The van der Waals surface area contributed by atoms with E-state index in [-0.39, 0.29) is 0 Å². The normalized spacial score (nSPS) is 18.1. The maximum atomic E-state index is 5.91. The molecule has 0 aromatic carbocycles. The Kier molecular flexibility index (Phi) is 4.81. The number of nitrogens with one attached hydrogen (secondary N) is 2. The minimum atomic E-state index is 0.951. The molecular weight excluding hydrogens is 186 g/mol. The van der Waals surface area contributed by atoms with Gasteiger partial charge in [0.1, 0.15) is 0 Å². The van der Waals surface area contributed by atoms with Crippen molar-refractivity contribution in [3.63, 3.8) is 0 Å². The molecule has 0 saturated carbocycles. The first-order valence-electron chi connectivity index (χ1n) is 5.54. The molecule has 84 valence electrons. The SMILES string of the molecule is CCN/C=C\C(C)=C\C1=C(N)CCCN1. The van der Waals surface area contributed by atoms with Crippen LogP contribution in [-0.2, 0) is 0 Å². The van der Waals surface area contributed by atoms with Gasteiger partial charge in [-0.1, -0.05) is 0 Å². The van der Waals surface area contributed by atoms with Gasteiger partial charge in [-0.2, -0.15) is 0 Å². The first-order valence-corrected chi connectivity index (χ1v) is 5.54. The predicted octanol–water partition coefficient (Wildman–Crippen LogP) is 1.61. The summed E-state index contributed by atoms with van der Waals surface area (Å²) in [6, 6.07) is 0. The highest BCUT2D eigenvalue weighted by Crippen LogP contribution is 2.12. The van der Waals surface area contributed by atoms with Gasteiger partial charge in [-0.05, 0) is 50.6 Å². The first-order chi connectivity index (χ1) is 7.24. The Labute approximate surface area is 92.1 Å². The molecule has 0 unspecified atom stereocenters. The van der Waals surface area contributed by atoms with Gasteiger partial charge in [0, 0.05) is 18.8 Å². The van der Waals surface area contributed by atoms with E-state index in [0.717, 1.165) is 37.3 Å². The van der Waals surface area contributed by atoms with Crippen molar-refractivity contribution < 1.29 is 0 Å². The van der Waals surface area contributed by atoms with Gasteiger partial charge in [-0.25, -0.2) is 0 Å². The van der Waals surface area contributed by atoms with Crippen LogP contribution in [0.1, 0.15) is 26.7 Å². The van der Waals surface area contributed by atoms with Gasteiger partial charge in [0.15, 0.2) is 0 Å². The summed E-state index contributed by atoms with van der Waals surface area (Å²) in [5.74, 6) is 0. The standard InChI is InChI=1S/C12H21N3/c1-3-14-8-6-10(2)9-12-11(13)5-4-7-15-12/h6,8-9,14-15H,3-5,7,13H2,1-2H3/b8-6-,10-9+. The van der Waals surface area contributed by atoms with Crippen LogP contribution >= 0.6 is 0 Å². The lowest BCUT2D eigenvalue weighted by atomic mass is 10.1. The summed E-state index contributed by atoms with van der Waals surface area (Å²) in [5.41, 5.74) is 9.17. The lowest BCUT2D eigenvalue weighted by Gasteiger charge is -2.17. The molecule has 3 heteroatoms. The second-order valence-corrected chi connectivity index (χ2v) is 3.75. The van der Waals surface area contributed by atoms with Crippen LogP contribution in [0.15, 0.2) is 35.3 Å². The molecule has 0 aromatic rings. The smallest absolute Gasteiger partial charge is 0.0533 e. The summed E-state index contributed by atoms with van der Waals surface area (Å²) in [6.07, 6.45) is 8.26. The molecule has 1 aliphatic heterocycles. The second-order valence-electron chi connectivity index (χ2n) is 3.75. The molecule has 0 atom stereocenters. The van der Waals surface area contributed by atoms with Crippen LogP contribution in [0.4, 0.5) is 0 Å². The molecule has 0 saturated heterocycles. The molecule has 3 nitrogen and oxygen atoms in total. The Hall–Kier alpha value is -1.38. The van der Waals surface area contributed by atoms with E-state index in [1.807, 2.05) is 6.20 Å². The summed E-state index contributed by atoms with van der Waals surface area (Å²) in [7, 11) is 0. The highest BCUT2D eigenvalue weighted by atomic mass is 14.9. The number of hydrogen-bond donors (Lipinski definition) is 3. The van der Waals surface area contributed by atoms with Crippen molar-refractivity contribution in [3.8, 4) is 0 Å². The number of allylic oxidation sites excluding steroid dienone is 4. The molecule has 0 aromatic heterocycles. The third kappa shape index (κ3) is 4.11. The number of rotatable bonds is 4. The van der Waals surface area contributed by atoms with E-state index in [1.165, 1.54) is 5.57 Å². The molecule has 15 heavy (non-hydrogen) atoms. The highest BCUT2D eigenvalue weighted by Gasteiger charge is 2.05. The Morgan fingerprint density at radius 2 is 2.40 bits per heavy atom. The molecule has 4 N–H and O–H groups in total. The van der Waals surface area contributed by atoms with Crippen molar-refractivity contribution in [1.82, 2.24) is 10.6 Å². The maximum Gasteiger partial charge on any atom is 0.0533 e. The zero-order valence-corrected chi connectivity index (χ0v) is 9.64. The van der Waals surface area contributed by atoms with E-state index in [1.54, 1.807) is 0 Å². The number of hydrogen-bond acceptors (Lipinski definition) is 3. The Morgan fingerprint density at radius 1 is 1.60 bits per heavy atom. The zero-order chi connectivity index (χ0) is 11.1. The predicted molar refractivity (Wildman–Crippen MR) is 65.0 cm³/mol. The van der Waals surface area contributed by atoms with Crippen LogP contribution in [0.2, 0.25) is 0 Å². The summed E-state index contributed by atoms with van der Waals surface area (Å²) in [5, 5.41) is 6.45. The van der Waals surface area contributed by atoms with E-state index in [0.29, 0.717) is 0 Å². The van der Waals surface area contributed by atoms with E-state index in [4.69, 9.17) is 5.73 Å². The minimum absolute atomic E-state index is 0.951. The van der Waals surface area contributed by atoms with E-state index < -0.39 is 0 Å². The fraction of sp³-hybridized carbons (Fsp3) is 0.500. The van der Waals surface area contributed by atoms with Gasteiger partial charge in [0.05, 0.1) is 5.70 Å². The first kappa shape index (κ1) is 11.7. The summed E-state index contributed by atoms with van der Waals surface area (Å²) in [4.78, 5) is 0. The summed E-state index contributed by atoms with van der Waals surface area (Å²) in [6.45, 7) is 6.13.